The minimum Gasteiger partial charge on any atom is -0.483 e. The van der Waals surface area contributed by atoms with E-state index in [0.717, 1.165) is 16.7 Å². The van der Waals surface area contributed by atoms with Crippen molar-refractivity contribution >= 4 is 22.1 Å². The smallest absolute Gasteiger partial charge is 0.139 e. The second-order valence-electron chi connectivity index (χ2n) is 4.93. The van der Waals surface area contributed by atoms with Crippen molar-refractivity contribution in [1.82, 2.24) is 0 Å². The largest absolute Gasteiger partial charge is 0.483 e. The standard InChI is InChI=1S/C17H17NOS/c1-12(18)17(14-9-10-20-11-14)19-16-8-4-6-13-5-2-3-7-15(13)16/h2-12,17H,18H2,1H3. The quantitative estimate of drug-likeness (QED) is 0.771. The highest BCUT2D eigenvalue weighted by Gasteiger charge is 2.19. The molecule has 102 valence electrons. The third kappa shape index (κ3) is 2.55. The molecule has 3 heteroatoms. The van der Waals surface area contributed by atoms with Gasteiger partial charge in [-0.15, -0.1) is 0 Å². The first-order valence-electron chi connectivity index (χ1n) is 6.68. The van der Waals surface area contributed by atoms with Gasteiger partial charge in [0.05, 0.1) is 0 Å². The minimum absolute atomic E-state index is 0.0661. The highest BCUT2D eigenvalue weighted by atomic mass is 32.1. The molecule has 1 aromatic heterocycles. The number of hydrogen-bond acceptors (Lipinski definition) is 3. The fourth-order valence-electron chi connectivity index (χ4n) is 2.35. The van der Waals surface area contributed by atoms with Gasteiger partial charge in [0.1, 0.15) is 11.9 Å². The summed E-state index contributed by atoms with van der Waals surface area (Å²) in [6.45, 7) is 1.98. The Morgan fingerprint density at radius 2 is 1.85 bits per heavy atom. The van der Waals surface area contributed by atoms with E-state index >= 15 is 0 Å². The maximum absolute atomic E-state index is 6.22. The predicted molar refractivity (Wildman–Crippen MR) is 85.3 cm³/mol. The lowest BCUT2D eigenvalue weighted by Crippen LogP contribution is -2.28. The zero-order valence-corrected chi connectivity index (χ0v) is 12.1. The molecule has 0 bridgehead atoms. The zero-order chi connectivity index (χ0) is 13.9. The van der Waals surface area contributed by atoms with E-state index in [9.17, 15) is 0 Å². The Labute approximate surface area is 122 Å². The van der Waals surface area contributed by atoms with Crippen LogP contribution in [0.15, 0.2) is 59.3 Å². The lowest BCUT2D eigenvalue weighted by molar-refractivity contribution is 0.183. The van der Waals surface area contributed by atoms with Gasteiger partial charge in [-0.1, -0.05) is 36.4 Å². The Hall–Kier alpha value is -1.84. The average molecular weight is 283 g/mol. The fourth-order valence-corrected chi connectivity index (χ4v) is 3.04. The molecule has 2 aromatic carbocycles. The summed E-state index contributed by atoms with van der Waals surface area (Å²) in [5.41, 5.74) is 7.24. The Kier molecular flexibility index (Phi) is 3.72. The van der Waals surface area contributed by atoms with Gasteiger partial charge in [0.25, 0.3) is 0 Å². The summed E-state index contributed by atoms with van der Waals surface area (Å²) >= 11 is 1.66. The van der Waals surface area contributed by atoms with Gasteiger partial charge in [-0.3, -0.25) is 0 Å². The lowest BCUT2D eigenvalue weighted by Gasteiger charge is -2.22. The van der Waals surface area contributed by atoms with E-state index in [-0.39, 0.29) is 12.1 Å². The molecule has 0 aliphatic carbocycles. The van der Waals surface area contributed by atoms with Crippen LogP contribution in [0.5, 0.6) is 5.75 Å². The summed E-state index contributed by atoms with van der Waals surface area (Å²) in [5.74, 6) is 0.886. The summed E-state index contributed by atoms with van der Waals surface area (Å²) in [6, 6.07) is 16.4. The molecule has 0 radical (unpaired) electrons. The summed E-state index contributed by atoms with van der Waals surface area (Å²) < 4.78 is 6.22. The second kappa shape index (κ2) is 5.65. The van der Waals surface area contributed by atoms with E-state index in [4.69, 9.17) is 10.5 Å². The van der Waals surface area contributed by atoms with Gasteiger partial charge in [0, 0.05) is 17.0 Å². The van der Waals surface area contributed by atoms with Crippen LogP contribution in [0.1, 0.15) is 18.6 Å². The third-order valence-corrected chi connectivity index (χ3v) is 4.05. The number of hydrogen-bond donors (Lipinski definition) is 1. The first-order chi connectivity index (χ1) is 9.75. The molecule has 0 fully saturated rings. The highest BCUT2D eigenvalue weighted by Crippen LogP contribution is 2.31. The Bertz CT molecular complexity index is 686. The topological polar surface area (TPSA) is 35.2 Å². The third-order valence-electron chi connectivity index (χ3n) is 3.35. The Morgan fingerprint density at radius 1 is 1.05 bits per heavy atom. The van der Waals surface area contributed by atoms with Gasteiger partial charge in [0.2, 0.25) is 0 Å². The molecule has 0 amide bonds. The van der Waals surface area contributed by atoms with Crippen LogP contribution in [-0.2, 0) is 0 Å². The van der Waals surface area contributed by atoms with Gasteiger partial charge < -0.3 is 10.5 Å². The van der Waals surface area contributed by atoms with E-state index in [0.29, 0.717) is 0 Å². The molecule has 3 rings (SSSR count). The second-order valence-corrected chi connectivity index (χ2v) is 5.71. The van der Waals surface area contributed by atoms with Crippen LogP contribution in [0.3, 0.4) is 0 Å². The summed E-state index contributed by atoms with van der Waals surface area (Å²) in [5, 5.41) is 6.45. The molecule has 2 atom stereocenters. The van der Waals surface area contributed by atoms with E-state index < -0.39 is 0 Å². The highest BCUT2D eigenvalue weighted by molar-refractivity contribution is 7.07. The number of nitrogens with two attached hydrogens (primary N) is 1. The minimum atomic E-state index is -0.118. The average Bonchev–Trinajstić information content (AvgIpc) is 2.98. The maximum atomic E-state index is 6.22. The molecule has 1 heterocycles. The van der Waals surface area contributed by atoms with Gasteiger partial charge in [-0.05, 0) is 35.2 Å². The summed E-state index contributed by atoms with van der Waals surface area (Å²) in [4.78, 5) is 0. The fraction of sp³-hybridized carbons (Fsp3) is 0.176. The first kappa shape index (κ1) is 13.2. The molecule has 0 spiro atoms. The first-order valence-corrected chi connectivity index (χ1v) is 7.62. The van der Waals surface area contributed by atoms with Crippen molar-refractivity contribution in [2.45, 2.75) is 19.1 Å². The molecule has 3 aromatic rings. The van der Waals surface area contributed by atoms with E-state index in [2.05, 4.69) is 35.0 Å². The van der Waals surface area contributed by atoms with Crippen molar-refractivity contribution in [2.75, 3.05) is 0 Å². The van der Waals surface area contributed by atoms with Crippen LogP contribution < -0.4 is 10.5 Å². The van der Waals surface area contributed by atoms with Crippen LogP contribution in [0.25, 0.3) is 10.8 Å². The number of ether oxygens (including phenoxy) is 1. The van der Waals surface area contributed by atoms with Crippen molar-refractivity contribution in [3.8, 4) is 5.75 Å². The summed E-state index contributed by atoms with van der Waals surface area (Å²) in [6.07, 6.45) is -0.118. The monoisotopic (exact) mass is 283 g/mol. The van der Waals surface area contributed by atoms with E-state index in [1.165, 1.54) is 5.39 Å². The van der Waals surface area contributed by atoms with Crippen LogP contribution in [-0.4, -0.2) is 6.04 Å². The Balaban J connectivity index is 1.99. The van der Waals surface area contributed by atoms with Crippen molar-refractivity contribution in [3.05, 3.63) is 64.9 Å². The van der Waals surface area contributed by atoms with Gasteiger partial charge in [-0.2, -0.15) is 11.3 Å². The molecule has 0 aliphatic rings. The van der Waals surface area contributed by atoms with Crippen LogP contribution in [0.2, 0.25) is 0 Å². The van der Waals surface area contributed by atoms with Crippen molar-refractivity contribution in [2.24, 2.45) is 5.73 Å². The van der Waals surface area contributed by atoms with Crippen LogP contribution >= 0.6 is 11.3 Å². The normalized spacial score (nSPS) is 14.1. The van der Waals surface area contributed by atoms with Crippen LogP contribution in [0.4, 0.5) is 0 Å². The number of fused-ring (bicyclic) bond motifs is 1. The predicted octanol–water partition coefficient (Wildman–Crippen LogP) is 4.37. The Morgan fingerprint density at radius 3 is 2.60 bits per heavy atom. The SMILES string of the molecule is CC(N)C(Oc1cccc2ccccc12)c1ccsc1. The molecule has 2 nitrogen and oxygen atoms in total. The van der Waals surface area contributed by atoms with Gasteiger partial charge in [-0.25, -0.2) is 0 Å². The maximum Gasteiger partial charge on any atom is 0.139 e. The molecule has 20 heavy (non-hydrogen) atoms. The summed E-state index contributed by atoms with van der Waals surface area (Å²) in [7, 11) is 0. The molecule has 2 N–H and O–H groups in total. The van der Waals surface area contributed by atoms with E-state index in [1.807, 2.05) is 31.2 Å². The molecule has 2 unspecified atom stereocenters. The van der Waals surface area contributed by atoms with Crippen molar-refractivity contribution < 1.29 is 4.74 Å². The number of rotatable bonds is 4. The van der Waals surface area contributed by atoms with Crippen molar-refractivity contribution in [3.63, 3.8) is 0 Å². The van der Waals surface area contributed by atoms with Gasteiger partial charge >= 0.3 is 0 Å². The molecule has 0 aliphatic heterocycles. The van der Waals surface area contributed by atoms with Crippen molar-refractivity contribution in [1.29, 1.82) is 0 Å². The molecular weight excluding hydrogens is 266 g/mol. The molecular formula is C17H17NOS. The number of benzene rings is 2. The molecule has 0 saturated carbocycles. The zero-order valence-electron chi connectivity index (χ0n) is 11.3. The molecule has 0 saturated heterocycles. The lowest BCUT2D eigenvalue weighted by atomic mass is 10.1. The van der Waals surface area contributed by atoms with Crippen LogP contribution in [0, 0.1) is 0 Å². The van der Waals surface area contributed by atoms with Gasteiger partial charge in [0.15, 0.2) is 0 Å². The van der Waals surface area contributed by atoms with E-state index in [1.54, 1.807) is 11.3 Å². The number of thiophene rings is 1.